The van der Waals surface area contributed by atoms with Gasteiger partial charge >= 0.3 is 0 Å². The molecule has 0 unspecified atom stereocenters. The molecule has 2 aromatic heterocycles. The third kappa shape index (κ3) is 7.92. The lowest BCUT2D eigenvalue weighted by molar-refractivity contribution is 0.488. The summed E-state index contributed by atoms with van der Waals surface area (Å²) < 4.78 is 4.49. The van der Waals surface area contributed by atoms with Crippen molar-refractivity contribution in [2.75, 3.05) is 0 Å². The predicted octanol–water partition coefficient (Wildman–Crippen LogP) is 12.9. The van der Waals surface area contributed by atoms with Crippen molar-refractivity contribution in [3.05, 3.63) is 133 Å². The number of aromatic nitrogens is 2. The Balaban J connectivity index is 0.000000119. The second kappa shape index (κ2) is 15.8. The average Bonchev–Trinajstić information content (AvgIpc) is 3.70. The minimum absolute atomic E-state index is 0.145. The molecule has 232 valence electrons. The number of nitrogens with zero attached hydrogens (tertiary/aromatic N) is 2. The number of halogens is 1. The molecule has 2 nitrogen and oxygen atoms in total. The van der Waals surface area contributed by atoms with Crippen molar-refractivity contribution in [2.45, 2.75) is 82.4 Å². The maximum Gasteiger partial charge on any atom is 0.0531 e. The first kappa shape index (κ1) is 31.7. The summed E-state index contributed by atoms with van der Waals surface area (Å²) in [6, 6.07) is 42.1. The SMILES string of the molecule is Cc1cc2ccccc2n1-c1ccccc1.ClP(C1CCCCC1)C1CCCCC1.c1ccc(-n2ccc3ccccc32)cc1. The summed E-state index contributed by atoms with van der Waals surface area (Å²) in [5.41, 5.74) is 8.06. The van der Waals surface area contributed by atoms with Crippen molar-refractivity contribution in [1.29, 1.82) is 0 Å². The Hall–Kier alpha value is -3.32. The van der Waals surface area contributed by atoms with Crippen molar-refractivity contribution in [3.8, 4) is 11.4 Å². The standard InChI is InChI=1S/C15H13N.C14H11N.C12H22ClP/c1-12-11-13-7-5-6-10-15(13)16(12)14-8-3-2-4-9-14;1-2-7-13(8-3-1)15-11-10-12-6-4-5-9-14(12)15;13-14(11-7-3-1-4-8-11)12-9-5-2-6-10-12/h2-11H,1H3;1-11H;11-12H,1-10H2. The van der Waals surface area contributed by atoms with Crippen LogP contribution in [-0.2, 0) is 0 Å². The van der Waals surface area contributed by atoms with Crippen LogP contribution in [0.4, 0.5) is 0 Å². The van der Waals surface area contributed by atoms with E-state index in [9.17, 15) is 0 Å². The smallest absolute Gasteiger partial charge is 0.0531 e. The van der Waals surface area contributed by atoms with E-state index in [0.29, 0.717) is 0 Å². The second-order valence-corrected chi connectivity index (χ2v) is 15.8. The van der Waals surface area contributed by atoms with Crippen LogP contribution in [0.5, 0.6) is 0 Å². The van der Waals surface area contributed by atoms with Crippen molar-refractivity contribution in [1.82, 2.24) is 9.13 Å². The zero-order chi connectivity index (χ0) is 30.8. The number of hydrogen-bond acceptors (Lipinski definition) is 0. The first-order valence-corrected chi connectivity index (χ1v) is 19.3. The van der Waals surface area contributed by atoms with E-state index in [-0.39, 0.29) is 7.27 Å². The summed E-state index contributed by atoms with van der Waals surface area (Å²) in [6.07, 6.45) is 16.6. The molecule has 45 heavy (non-hydrogen) atoms. The van der Waals surface area contributed by atoms with Crippen LogP contribution in [0, 0.1) is 6.92 Å². The lowest BCUT2D eigenvalue weighted by atomic mass is 10.00. The molecule has 2 aliphatic rings. The van der Waals surface area contributed by atoms with E-state index in [4.69, 9.17) is 11.2 Å². The highest BCUT2D eigenvalue weighted by molar-refractivity contribution is 7.85. The Labute approximate surface area is 275 Å². The number of hydrogen-bond donors (Lipinski definition) is 0. The Morgan fingerprint density at radius 3 is 1.62 bits per heavy atom. The average molecular weight is 633 g/mol. The van der Waals surface area contributed by atoms with Crippen LogP contribution in [-0.4, -0.2) is 20.5 Å². The van der Waals surface area contributed by atoms with Gasteiger partial charge in [-0.1, -0.05) is 123 Å². The Bertz CT molecular complexity index is 1730. The summed E-state index contributed by atoms with van der Waals surface area (Å²) in [7, 11) is -0.145. The monoisotopic (exact) mass is 632 g/mol. The van der Waals surface area contributed by atoms with Crippen LogP contribution in [0.2, 0.25) is 0 Å². The molecule has 4 aromatic carbocycles. The van der Waals surface area contributed by atoms with Gasteiger partial charge in [0.05, 0.1) is 11.0 Å². The first-order chi connectivity index (χ1) is 22.2. The maximum absolute atomic E-state index is 6.70. The van der Waals surface area contributed by atoms with E-state index >= 15 is 0 Å². The molecule has 0 amide bonds. The maximum atomic E-state index is 6.70. The van der Waals surface area contributed by atoms with Gasteiger partial charge in [0.15, 0.2) is 0 Å². The van der Waals surface area contributed by atoms with Gasteiger partial charge in [0.25, 0.3) is 0 Å². The number of rotatable bonds is 4. The van der Waals surface area contributed by atoms with Crippen LogP contribution in [0.15, 0.2) is 128 Å². The van der Waals surface area contributed by atoms with Crippen LogP contribution in [0.1, 0.15) is 69.9 Å². The van der Waals surface area contributed by atoms with Gasteiger partial charge in [-0.05, 0) is 105 Å². The van der Waals surface area contributed by atoms with Gasteiger partial charge in [-0.25, -0.2) is 0 Å². The highest BCUT2D eigenvalue weighted by Crippen LogP contribution is 2.59. The topological polar surface area (TPSA) is 9.86 Å². The van der Waals surface area contributed by atoms with E-state index < -0.39 is 0 Å². The Morgan fingerprint density at radius 1 is 0.533 bits per heavy atom. The van der Waals surface area contributed by atoms with Gasteiger partial charge in [-0.15, -0.1) is 0 Å². The minimum atomic E-state index is -0.145. The van der Waals surface area contributed by atoms with Crippen LogP contribution in [0.25, 0.3) is 33.2 Å². The Kier molecular flexibility index (Phi) is 11.1. The minimum Gasteiger partial charge on any atom is -0.317 e. The van der Waals surface area contributed by atoms with E-state index in [1.165, 1.54) is 103 Å². The number of fused-ring (bicyclic) bond motifs is 2. The fourth-order valence-corrected chi connectivity index (χ4v) is 10.5. The molecular weight excluding hydrogens is 587 g/mol. The van der Waals surface area contributed by atoms with Crippen molar-refractivity contribution in [3.63, 3.8) is 0 Å². The normalized spacial score (nSPS) is 15.8. The molecule has 0 spiro atoms. The number of aryl methyl sites for hydroxylation is 1. The quantitative estimate of drug-likeness (QED) is 0.171. The second-order valence-electron chi connectivity index (χ2n) is 12.5. The molecule has 8 rings (SSSR count). The highest BCUT2D eigenvalue weighted by Gasteiger charge is 2.29. The zero-order valence-electron chi connectivity index (χ0n) is 26.6. The largest absolute Gasteiger partial charge is 0.317 e. The highest BCUT2D eigenvalue weighted by atomic mass is 35.7. The zero-order valence-corrected chi connectivity index (χ0v) is 28.2. The molecule has 6 aromatic rings. The van der Waals surface area contributed by atoms with Crippen LogP contribution >= 0.6 is 18.5 Å². The molecule has 0 aliphatic heterocycles. The molecule has 0 saturated heterocycles. The molecule has 0 N–H and O–H groups in total. The van der Waals surface area contributed by atoms with Crippen LogP contribution < -0.4 is 0 Å². The van der Waals surface area contributed by atoms with Gasteiger partial charge in [-0.3, -0.25) is 0 Å². The summed E-state index contributed by atoms with van der Waals surface area (Å²) in [6.45, 7) is 2.15. The third-order valence-electron chi connectivity index (χ3n) is 9.39. The lowest BCUT2D eigenvalue weighted by Crippen LogP contribution is -2.17. The number of benzene rings is 4. The van der Waals surface area contributed by atoms with Crippen molar-refractivity contribution in [2.24, 2.45) is 0 Å². The molecule has 4 heteroatoms. The van der Waals surface area contributed by atoms with E-state index in [1.807, 2.05) is 12.1 Å². The summed E-state index contributed by atoms with van der Waals surface area (Å²) in [5.74, 6) is 0. The fraction of sp³-hybridized carbons (Fsp3) is 0.317. The van der Waals surface area contributed by atoms with E-state index in [2.05, 4.69) is 131 Å². The van der Waals surface area contributed by atoms with Crippen molar-refractivity contribution < 1.29 is 0 Å². The van der Waals surface area contributed by atoms with Gasteiger partial charge in [-0.2, -0.15) is 0 Å². The molecule has 0 bridgehead atoms. The molecule has 2 heterocycles. The first-order valence-electron chi connectivity index (χ1n) is 16.9. The van der Waals surface area contributed by atoms with Crippen LogP contribution in [0.3, 0.4) is 0 Å². The molecule has 2 saturated carbocycles. The molecule has 2 aliphatic carbocycles. The summed E-state index contributed by atoms with van der Waals surface area (Å²) in [5, 5.41) is 2.57. The van der Waals surface area contributed by atoms with Gasteiger partial charge < -0.3 is 9.13 Å². The fourth-order valence-electron chi connectivity index (χ4n) is 7.06. The Morgan fingerprint density at radius 2 is 1.02 bits per heavy atom. The van der Waals surface area contributed by atoms with E-state index in [0.717, 1.165) is 11.3 Å². The van der Waals surface area contributed by atoms with E-state index in [1.54, 1.807) is 0 Å². The molecule has 2 fully saturated rings. The predicted molar refractivity (Wildman–Crippen MR) is 198 cm³/mol. The third-order valence-corrected chi connectivity index (χ3v) is 13.5. The van der Waals surface area contributed by atoms with Gasteiger partial charge in [0.2, 0.25) is 0 Å². The molecular formula is C41H46ClN2P. The summed E-state index contributed by atoms with van der Waals surface area (Å²) in [4.78, 5) is 0. The van der Waals surface area contributed by atoms with Gasteiger partial charge in [0.1, 0.15) is 0 Å². The summed E-state index contributed by atoms with van der Waals surface area (Å²) >= 11 is 6.70. The van der Waals surface area contributed by atoms with Gasteiger partial charge in [0, 0.05) is 28.7 Å². The molecule has 0 radical (unpaired) electrons. The van der Waals surface area contributed by atoms with Crippen molar-refractivity contribution >= 4 is 40.3 Å². The lowest BCUT2D eigenvalue weighted by Gasteiger charge is -2.33. The number of para-hydroxylation sites is 4. The molecule has 0 atom stereocenters.